The van der Waals surface area contributed by atoms with Gasteiger partial charge in [-0.1, -0.05) is 12.1 Å². The highest BCUT2D eigenvalue weighted by Crippen LogP contribution is 2.22. The van der Waals surface area contributed by atoms with Crippen LogP contribution in [0.3, 0.4) is 0 Å². The summed E-state index contributed by atoms with van der Waals surface area (Å²) in [6, 6.07) is 4.92. The van der Waals surface area contributed by atoms with Crippen molar-refractivity contribution in [2.45, 2.75) is 32.0 Å². The van der Waals surface area contributed by atoms with Crippen molar-refractivity contribution >= 4 is 18.3 Å². The first kappa shape index (κ1) is 19.5. The van der Waals surface area contributed by atoms with Crippen molar-refractivity contribution in [1.29, 1.82) is 0 Å². The SMILES string of the molecule is C[C@H]1OCCN[C@@H]1C(=O)NCc1ccc(OC(F)(F)F)cc1.Cl. The van der Waals surface area contributed by atoms with Gasteiger partial charge < -0.3 is 20.1 Å². The van der Waals surface area contributed by atoms with E-state index >= 15 is 0 Å². The fraction of sp³-hybridized carbons (Fsp3) is 0.500. The summed E-state index contributed by atoms with van der Waals surface area (Å²) < 4.78 is 45.3. The van der Waals surface area contributed by atoms with Gasteiger partial charge in [-0.05, 0) is 24.6 Å². The monoisotopic (exact) mass is 354 g/mol. The fourth-order valence-corrected chi connectivity index (χ4v) is 2.14. The lowest BCUT2D eigenvalue weighted by Crippen LogP contribution is -2.55. The molecule has 1 fully saturated rings. The predicted octanol–water partition coefficient (Wildman–Crippen LogP) is 2.00. The van der Waals surface area contributed by atoms with Gasteiger partial charge in [0, 0.05) is 13.1 Å². The van der Waals surface area contributed by atoms with E-state index in [9.17, 15) is 18.0 Å². The molecule has 0 spiro atoms. The summed E-state index contributed by atoms with van der Waals surface area (Å²) in [5, 5.41) is 5.78. The summed E-state index contributed by atoms with van der Waals surface area (Å²) >= 11 is 0. The van der Waals surface area contributed by atoms with Crippen molar-refractivity contribution in [3.63, 3.8) is 0 Å². The Kier molecular flexibility index (Phi) is 7.11. The van der Waals surface area contributed by atoms with Gasteiger partial charge in [0.15, 0.2) is 0 Å². The third-order valence-electron chi connectivity index (χ3n) is 3.22. The number of carbonyl (C=O) groups is 1. The molecule has 130 valence electrons. The molecule has 5 nitrogen and oxygen atoms in total. The Bertz CT molecular complexity index is 511. The number of carbonyl (C=O) groups excluding carboxylic acids is 1. The predicted molar refractivity (Wildman–Crippen MR) is 79.4 cm³/mol. The van der Waals surface area contributed by atoms with Crippen LogP contribution in [-0.2, 0) is 16.1 Å². The lowest BCUT2D eigenvalue weighted by Gasteiger charge is -2.29. The Morgan fingerprint density at radius 3 is 2.61 bits per heavy atom. The molecule has 0 saturated carbocycles. The molecule has 0 aromatic heterocycles. The summed E-state index contributed by atoms with van der Waals surface area (Å²) in [7, 11) is 0. The highest BCUT2D eigenvalue weighted by atomic mass is 35.5. The fourth-order valence-electron chi connectivity index (χ4n) is 2.14. The molecule has 2 rings (SSSR count). The Labute approximate surface area is 137 Å². The van der Waals surface area contributed by atoms with Gasteiger partial charge in [-0.25, -0.2) is 0 Å². The van der Waals surface area contributed by atoms with Crippen LogP contribution in [0.25, 0.3) is 0 Å². The number of ether oxygens (including phenoxy) is 2. The Morgan fingerprint density at radius 1 is 1.39 bits per heavy atom. The number of hydrogen-bond donors (Lipinski definition) is 2. The molecule has 1 heterocycles. The molecule has 0 aliphatic carbocycles. The molecule has 2 N–H and O–H groups in total. The van der Waals surface area contributed by atoms with Gasteiger partial charge in [0.05, 0.1) is 12.7 Å². The summed E-state index contributed by atoms with van der Waals surface area (Å²) in [4.78, 5) is 12.0. The molecule has 0 bridgehead atoms. The number of rotatable bonds is 4. The summed E-state index contributed by atoms with van der Waals surface area (Å²) in [6.45, 7) is 3.19. The Hall–Kier alpha value is -1.51. The number of halogens is 4. The minimum Gasteiger partial charge on any atom is -0.406 e. The van der Waals surface area contributed by atoms with Crippen LogP contribution in [0.4, 0.5) is 13.2 Å². The standard InChI is InChI=1S/C14H17F3N2O3.ClH/c1-9-12(18-6-7-21-9)13(20)19-8-10-2-4-11(5-3-10)22-14(15,16)17;/h2-5,9,12,18H,6-8H2,1H3,(H,19,20);1H/t9-,12+;/m1./s1. The van der Waals surface area contributed by atoms with E-state index in [0.29, 0.717) is 18.7 Å². The second-order valence-electron chi connectivity index (χ2n) is 4.92. The zero-order valence-electron chi connectivity index (χ0n) is 12.4. The van der Waals surface area contributed by atoms with E-state index in [-0.39, 0.29) is 36.7 Å². The molecule has 1 aromatic carbocycles. The third kappa shape index (κ3) is 6.25. The largest absolute Gasteiger partial charge is 0.573 e. The van der Waals surface area contributed by atoms with Crippen LogP contribution < -0.4 is 15.4 Å². The first-order chi connectivity index (χ1) is 10.3. The van der Waals surface area contributed by atoms with Gasteiger partial charge in [-0.2, -0.15) is 0 Å². The number of alkyl halides is 3. The molecule has 9 heteroatoms. The number of morpholine rings is 1. The van der Waals surface area contributed by atoms with Gasteiger partial charge in [0.2, 0.25) is 5.91 Å². The van der Waals surface area contributed by atoms with Gasteiger partial charge in [0.1, 0.15) is 11.8 Å². The molecular weight excluding hydrogens is 337 g/mol. The average molecular weight is 355 g/mol. The van der Waals surface area contributed by atoms with Crippen molar-refractivity contribution in [2.75, 3.05) is 13.2 Å². The van der Waals surface area contributed by atoms with Crippen molar-refractivity contribution in [3.05, 3.63) is 29.8 Å². The van der Waals surface area contributed by atoms with Crippen LogP contribution >= 0.6 is 12.4 Å². The molecule has 0 radical (unpaired) electrons. The third-order valence-corrected chi connectivity index (χ3v) is 3.22. The Balaban J connectivity index is 0.00000264. The first-order valence-corrected chi connectivity index (χ1v) is 6.82. The molecule has 23 heavy (non-hydrogen) atoms. The van der Waals surface area contributed by atoms with Crippen molar-refractivity contribution in [2.24, 2.45) is 0 Å². The van der Waals surface area contributed by atoms with E-state index in [2.05, 4.69) is 15.4 Å². The van der Waals surface area contributed by atoms with Crippen LogP contribution in [0.5, 0.6) is 5.75 Å². The van der Waals surface area contributed by atoms with Crippen LogP contribution in [0.15, 0.2) is 24.3 Å². The molecule has 1 saturated heterocycles. The lowest BCUT2D eigenvalue weighted by molar-refractivity contribution is -0.274. The summed E-state index contributed by atoms with van der Waals surface area (Å²) in [5.74, 6) is -0.499. The zero-order valence-corrected chi connectivity index (χ0v) is 13.2. The van der Waals surface area contributed by atoms with E-state index < -0.39 is 12.4 Å². The zero-order chi connectivity index (χ0) is 16.2. The van der Waals surface area contributed by atoms with Crippen molar-refractivity contribution in [3.8, 4) is 5.75 Å². The quantitative estimate of drug-likeness (QED) is 0.868. The van der Waals surface area contributed by atoms with Crippen LogP contribution in [-0.4, -0.2) is 37.6 Å². The minimum atomic E-state index is -4.71. The molecule has 2 atom stereocenters. The maximum atomic E-state index is 12.0. The summed E-state index contributed by atoms with van der Waals surface area (Å²) in [6.07, 6.45) is -4.94. The van der Waals surface area contributed by atoms with E-state index in [1.807, 2.05) is 0 Å². The minimum absolute atomic E-state index is 0. The van der Waals surface area contributed by atoms with Crippen LogP contribution in [0.2, 0.25) is 0 Å². The van der Waals surface area contributed by atoms with Crippen LogP contribution in [0, 0.1) is 0 Å². The second-order valence-corrected chi connectivity index (χ2v) is 4.92. The number of hydrogen-bond acceptors (Lipinski definition) is 4. The van der Waals surface area contributed by atoms with Crippen molar-refractivity contribution in [1.82, 2.24) is 10.6 Å². The second kappa shape index (κ2) is 8.37. The smallest absolute Gasteiger partial charge is 0.406 e. The number of benzene rings is 1. The molecule has 0 unspecified atom stereocenters. The maximum Gasteiger partial charge on any atom is 0.573 e. The lowest BCUT2D eigenvalue weighted by atomic mass is 10.1. The highest BCUT2D eigenvalue weighted by Gasteiger charge is 2.31. The Morgan fingerprint density at radius 2 is 2.04 bits per heavy atom. The van der Waals surface area contributed by atoms with Crippen LogP contribution in [0.1, 0.15) is 12.5 Å². The molecule has 1 aromatic rings. The maximum absolute atomic E-state index is 12.0. The van der Waals surface area contributed by atoms with E-state index in [1.54, 1.807) is 6.92 Å². The molecule has 1 aliphatic rings. The van der Waals surface area contributed by atoms with E-state index in [1.165, 1.54) is 24.3 Å². The van der Waals surface area contributed by atoms with Gasteiger partial charge in [-0.15, -0.1) is 25.6 Å². The first-order valence-electron chi connectivity index (χ1n) is 6.82. The number of amides is 1. The normalized spacial score (nSPS) is 21.2. The van der Waals surface area contributed by atoms with E-state index in [4.69, 9.17) is 4.74 Å². The van der Waals surface area contributed by atoms with Gasteiger partial charge >= 0.3 is 6.36 Å². The molecule has 1 aliphatic heterocycles. The molecular formula is C14H18ClF3N2O3. The number of nitrogens with one attached hydrogen (secondary N) is 2. The van der Waals surface area contributed by atoms with Crippen molar-refractivity contribution < 1.29 is 27.4 Å². The van der Waals surface area contributed by atoms with Gasteiger partial charge in [0.25, 0.3) is 0 Å². The summed E-state index contributed by atoms with van der Waals surface area (Å²) in [5.41, 5.74) is 0.673. The highest BCUT2D eigenvalue weighted by molar-refractivity contribution is 5.85. The van der Waals surface area contributed by atoms with E-state index in [0.717, 1.165) is 0 Å². The molecule has 1 amide bonds. The topological polar surface area (TPSA) is 59.6 Å². The van der Waals surface area contributed by atoms with Gasteiger partial charge in [-0.3, -0.25) is 4.79 Å². The average Bonchev–Trinajstić information content (AvgIpc) is 2.45.